The average molecular weight is 254 g/mol. The molecule has 3 unspecified atom stereocenters. The zero-order chi connectivity index (χ0) is 13.3. The molecule has 0 spiro atoms. The first-order chi connectivity index (χ1) is 8.49. The van der Waals surface area contributed by atoms with Gasteiger partial charge < -0.3 is 14.9 Å². The van der Waals surface area contributed by atoms with E-state index in [1.807, 2.05) is 0 Å². The Kier molecular flexibility index (Phi) is 3.78. The van der Waals surface area contributed by atoms with Gasteiger partial charge in [-0.05, 0) is 31.1 Å². The summed E-state index contributed by atoms with van der Waals surface area (Å²) in [7, 11) is 0. The van der Waals surface area contributed by atoms with E-state index in [1.165, 1.54) is 0 Å². The van der Waals surface area contributed by atoms with E-state index in [2.05, 4.69) is 13.8 Å². The number of nitrogens with zero attached hydrogens (tertiary/aromatic N) is 2. The maximum absolute atomic E-state index is 12.4. The Balaban J connectivity index is 2.05. The highest BCUT2D eigenvalue weighted by molar-refractivity contribution is 5.83. The third-order valence-corrected chi connectivity index (χ3v) is 4.09. The third-order valence-electron chi connectivity index (χ3n) is 4.09. The molecular formula is C13H22N2O3. The highest BCUT2D eigenvalue weighted by Crippen LogP contribution is 2.25. The maximum Gasteiger partial charge on any atom is 0.326 e. The number of urea groups is 1. The summed E-state index contributed by atoms with van der Waals surface area (Å²) in [4.78, 5) is 27.0. The van der Waals surface area contributed by atoms with Crippen molar-refractivity contribution in [1.29, 1.82) is 0 Å². The van der Waals surface area contributed by atoms with Crippen LogP contribution in [0.5, 0.6) is 0 Å². The van der Waals surface area contributed by atoms with Crippen LogP contribution in [-0.4, -0.2) is 52.6 Å². The molecule has 0 aromatic heterocycles. The molecule has 0 aromatic carbocycles. The summed E-state index contributed by atoms with van der Waals surface area (Å²) in [5, 5.41) is 9.26. The summed E-state index contributed by atoms with van der Waals surface area (Å²) in [6.45, 7) is 6.27. The van der Waals surface area contributed by atoms with Gasteiger partial charge in [0, 0.05) is 19.6 Å². The van der Waals surface area contributed by atoms with Gasteiger partial charge in [0.15, 0.2) is 0 Å². The van der Waals surface area contributed by atoms with Crippen molar-refractivity contribution in [3.63, 3.8) is 0 Å². The molecule has 5 heteroatoms. The second kappa shape index (κ2) is 5.16. The number of amides is 2. The van der Waals surface area contributed by atoms with E-state index in [4.69, 9.17) is 0 Å². The summed E-state index contributed by atoms with van der Waals surface area (Å²) in [5.74, 6) is 0.0377. The van der Waals surface area contributed by atoms with Crippen molar-refractivity contribution in [3.8, 4) is 0 Å². The molecule has 2 rings (SSSR count). The Morgan fingerprint density at radius 3 is 2.33 bits per heavy atom. The van der Waals surface area contributed by atoms with Crippen LogP contribution in [0.3, 0.4) is 0 Å². The van der Waals surface area contributed by atoms with Crippen molar-refractivity contribution in [2.75, 3.05) is 19.6 Å². The van der Waals surface area contributed by atoms with Crippen LogP contribution in [0.1, 0.15) is 33.1 Å². The van der Waals surface area contributed by atoms with E-state index >= 15 is 0 Å². The Labute approximate surface area is 108 Å². The average Bonchev–Trinajstić information content (AvgIpc) is 2.75. The summed E-state index contributed by atoms with van der Waals surface area (Å²) in [6, 6.07) is -0.726. The predicted molar refractivity (Wildman–Crippen MR) is 67.3 cm³/mol. The number of hydrogen-bond acceptors (Lipinski definition) is 2. The highest BCUT2D eigenvalue weighted by Gasteiger charge is 2.37. The summed E-state index contributed by atoms with van der Waals surface area (Å²) >= 11 is 0. The third kappa shape index (κ3) is 2.60. The number of rotatable bonds is 1. The van der Waals surface area contributed by atoms with Crippen LogP contribution >= 0.6 is 0 Å². The lowest BCUT2D eigenvalue weighted by atomic mass is 9.93. The fraction of sp³-hybridized carbons (Fsp3) is 0.846. The molecule has 102 valence electrons. The Morgan fingerprint density at radius 1 is 1.11 bits per heavy atom. The fourth-order valence-corrected chi connectivity index (χ4v) is 2.90. The van der Waals surface area contributed by atoms with Crippen LogP contribution in [0.4, 0.5) is 4.79 Å². The second-order valence-electron chi connectivity index (χ2n) is 5.80. The van der Waals surface area contributed by atoms with Gasteiger partial charge in [0.25, 0.3) is 0 Å². The number of carbonyl (C=O) groups excluding carboxylic acids is 1. The summed E-state index contributed by atoms with van der Waals surface area (Å²) in [6.07, 6.45) is 2.50. The lowest BCUT2D eigenvalue weighted by Gasteiger charge is -2.38. The van der Waals surface area contributed by atoms with Gasteiger partial charge in [-0.3, -0.25) is 0 Å². The van der Waals surface area contributed by atoms with Crippen molar-refractivity contribution in [2.45, 2.75) is 39.2 Å². The maximum atomic E-state index is 12.4. The first-order valence-electron chi connectivity index (χ1n) is 6.77. The molecule has 2 heterocycles. The molecule has 2 aliphatic rings. The molecular weight excluding hydrogens is 232 g/mol. The molecule has 0 aliphatic carbocycles. The molecule has 2 amide bonds. The zero-order valence-electron chi connectivity index (χ0n) is 11.1. The predicted octanol–water partition coefficient (Wildman–Crippen LogP) is 1.63. The molecule has 0 saturated carbocycles. The first-order valence-corrected chi connectivity index (χ1v) is 6.77. The number of carboxylic acid groups (broad SMARTS) is 1. The van der Waals surface area contributed by atoms with Gasteiger partial charge in [-0.2, -0.15) is 0 Å². The Morgan fingerprint density at radius 2 is 1.78 bits per heavy atom. The molecule has 1 N–H and O–H groups in total. The van der Waals surface area contributed by atoms with Crippen LogP contribution in [0.25, 0.3) is 0 Å². The van der Waals surface area contributed by atoms with E-state index in [0.29, 0.717) is 24.8 Å². The van der Waals surface area contributed by atoms with Crippen LogP contribution in [0.2, 0.25) is 0 Å². The van der Waals surface area contributed by atoms with Gasteiger partial charge in [-0.1, -0.05) is 13.8 Å². The molecule has 3 atom stereocenters. The molecule has 0 radical (unpaired) electrons. The molecule has 0 aromatic rings. The van der Waals surface area contributed by atoms with E-state index < -0.39 is 12.0 Å². The number of piperidine rings is 1. The largest absolute Gasteiger partial charge is 0.480 e. The van der Waals surface area contributed by atoms with Gasteiger partial charge in [0.2, 0.25) is 0 Å². The monoisotopic (exact) mass is 254 g/mol. The molecule has 5 nitrogen and oxygen atoms in total. The van der Waals surface area contributed by atoms with Crippen molar-refractivity contribution < 1.29 is 14.7 Å². The first kappa shape index (κ1) is 13.2. The number of likely N-dealkylation sites (tertiary alicyclic amines) is 2. The van der Waals surface area contributed by atoms with Gasteiger partial charge in [-0.25, -0.2) is 9.59 Å². The normalized spacial score (nSPS) is 32.7. The van der Waals surface area contributed by atoms with E-state index in [1.54, 1.807) is 9.80 Å². The number of carboxylic acids is 1. The number of hydrogen-bond donors (Lipinski definition) is 1. The van der Waals surface area contributed by atoms with Crippen molar-refractivity contribution in [2.24, 2.45) is 11.8 Å². The highest BCUT2D eigenvalue weighted by atomic mass is 16.4. The van der Waals surface area contributed by atoms with Gasteiger partial charge >= 0.3 is 12.0 Å². The minimum Gasteiger partial charge on any atom is -0.480 e. The Bertz CT molecular complexity index is 345. The number of aliphatic carboxylic acids is 1. The molecule has 2 fully saturated rings. The van der Waals surface area contributed by atoms with E-state index in [9.17, 15) is 14.7 Å². The van der Waals surface area contributed by atoms with Crippen LogP contribution in [-0.2, 0) is 4.79 Å². The fourth-order valence-electron chi connectivity index (χ4n) is 2.90. The molecule has 2 aliphatic heterocycles. The standard InChI is InChI=1S/C13H22N2O3/c1-9-4-6-15(11(7-9)12(16)17)13(18)14-5-3-10(2)8-14/h9-11H,3-8H2,1-2H3,(H,16,17). The van der Waals surface area contributed by atoms with Gasteiger partial charge in [-0.15, -0.1) is 0 Å². The molecule has 0 bridgehead atoms. The Hall–Kier alpha value is -1.26. The lowest BCUT2D eigenvalue weighted by Crippen LogP contribution is -2.53. The topological polar surface area (TPSA) is 60.9 Å². The zero-order valence-corrected chi connectivity index (χ0v) is 11.1. The SMILES string of the molecule is CC1CCN(C(=O)N2CCC(C)C2)C(C(=O)O)C1. The minimum atomic E-state index is -0.873. The van der Waals surface area contributed by atoms with Crippen LogP contribution in [0, 0.1) is 11.8 Å². The smallest absolute Gasteiger partial charge is 0.326 e. The number of carbonyl (C=O) groups is 2. The van der Waals surface area contributed by atoms with E-state index in [-0.39, 0.29) is 6.03 Å². The second-order valence-corrected chi connectivity index (χ2v) is 5.80. The van der Waals surface area contributed by atoms with Crippen molar-refractivity contribution in [3.05, 3.63) is 0 Å². The van der Waals surface area contributed by atoms with E-state index in [0.717, 1.165) is 25.9 Å². The minimum absolute atomic E-state index is 0.0846. The molecule has 18 heavy (non-hydrogen) atoms. The lowest BCUT2D eigenvalue weighted by molar-refractivity contribution is -0.144. The molecule has 2 saturated heterocycles. The summed E-state index contributed by atoms with van der Waals surface area (Å²) < 4.78 is 0. The van der Waals surface area contributed by atoms with Crippen LogP contribution in [0.15, 0.2) is 0 Å². The summed E-state index contributed by atoms with van der Waals surface area (Å²) in [5.41, 5.74) is 0. The quantitative estimate of drug-likeness (QED) is 0.773. The van der Waals surface area contributed by atoms with Crippen molar-refractivity contribution >= 4 is 12.0 Å². The van der Waals surface area contributed by atoms with Crippen LogP contribution < -0.4 is 0 Å². The van der Waals surface area contributed by atoms with Gasteiger partial charge in [0.05, 0.1) is 0 Å². The van der Waals surface area contributed by atoms with Crippen molar-refractivity contribution in [1.82, 2.24) is 9.80 Å². The van der Waals surface area contributed by atoms with Gasteiger partial charge in [0.1, 0.15) is 6.04 Å².